The zero-order chi connectivity index (χ0) is 28.9. The van der Waals surface area contributed by atoms with Crippen molar-refractivity contribution < 1.29 is 14.4 Å². The van der Waals surface area contributed by atoms with E-state index in [2.05, 4.69) is 42.6 Å². The fourth-order valence-electron chi connectivity index (χ4n) is 6.43. The first kappa shape index (κ1) is 27.5. The molecule has 1 aliphatic heterocycles. The van der Waals surface area contributed by atoms with Gasteiger partial charge in [0, 0.05) is 35.9 Å². The maximum Gasteiger partial charge on any atom is 0.261 e. The summed E-state index contributed by atoms with van der Waals surface area (Å²) in [6.07, 6.45) is 3.56. The lowest BCUT2D eigenvalue weighted by Gasteiger charge is -2.33. The number of fused-ring (bicyclic) bond motifs is 3. The van der Waals surface area contributed by atoms with Gasteiger partial charge in [0.2, 0.25) is 5.91 Å². The van der Waals surface area contributed by atoms with Crippen LogP contribution in [0.5, 0.6) is 0 Å². The Kier molecular flexibility index (Phi) is 7.13. The van der Waals surface area contributed by atoms with Crippen molar-refractivity contribution >= 4 is 40.4 Å². The van der Waals surface area contributed by atoms with E-state index >= 15 is 0 Å². The van der Waals surface area contributed by atoms with E-state index in [0.717, 1.165) is 33.7 Å². The van der Waals surface area contributed by atoms with E-state index < -0.39 is 5.41 Å². The maximum atomic E-state index is 13.2. The second-order valence-electron chi connectivity index (χ2n) is 11.0. The highest BCUT2D eigenvalue weighted by molar-refractivity contribution is 7.16. The predicted molar refractivity (Wildman–Crippen MR) is 152 cm³/mol. The number of amides is 3. The van der Waals surface area contributed by atoms with E-state index in [1.165, 1.54) is 22.7 Å². The molecule has 14 heteroatoms. The number of aromatic amines is 1. The summed E-state index contributed by atoms with van der Waals surface area (Å²) in [5.74, 6) is 0.487. The lowest BCUT2D eigenvalue weighted by molar-refractivity contribution is -0.131. The summed E-state index contributed by atoms with van der Waals surface area (Å²) in [7, 11) is 3.22. The molecule has 214 valence electrons. The van der Waals surface area contributed by atoms with E-state index in [-0.39, 0.29) is 42.4 Å². The molecule has 3 aliphatic rings. The number of nitrogens with one attached hydrogen (secondary N) is 4. The lowest BCUT2D eigenvalue weighted by Crippen LogP contribution is -2.46. The van der Waals surface area contributed by atoms with Crippen LogP contribution in [0.4, 0.5) is 0 Å². The van der Waals surface area contributed by atoms with Crippen LogP contribution in [0, 0.1) is 17.2 Å². The predicted octanol–water partition coefficient (Wildman–Crippen LogP) is 1.36. The summed E-state index contributed by atoms with van der Waals surface area (Å²) < 4.78 is 0. The Morgan fingerprint density at radius 2 is 1.76 bits per heavy atom. The molecule has 4 atom stereocenters. The number of hydrogen-bond donors (Lipinski definition) is 4. The Morgan fingerprint density at radius 1 is 1.12 bits per heavy atom. The number of thiophene rings is 2. The molecule has 3 aromatic heterocycles. The molecule has 3 aromatic rings. The third-order valence-electron chi connectivity index (χ3n) is 8.44. The molecule has 2 aliphatic carbocycles. The first-order chi connectivity index (χ1) is 19.8. The van der Waals surface area contributed by atoms with Gasteiger partial charge in [0.05, 0.1) is 22.4 Å². The van der Waals surface area contributed by atoms with E-state index in [9.17, 15) is 19.6 Å². The Balaban J connectivity index is 1.39. The van der Waals surface area contributed by atoms with E-state index in [1.54, 1.807) is 19.0 Å². The minimum Gasteiger partial charge on any atom is -0.354 e. The summed E-state index contributed by atoms with van der Waals surface area (Å²) in [4.78, 5) is 43.5. The summed E-state index contributed by atoms with van der Waals surface area (Å²) >= 11 is 2.81. The van der Waals surface area contributed by atoms with Gasteiger partial charge in [0.25, 0.3) is 11.8 Å². The largest absolute Gasteiger partial charge is 0.354 e. The molecule has 1 saturated carbocycles. The van der Waals surface area contributed by atoms with Gasteiger partial charge in [-0.25, -0.2) is 0 Å². The molecule has 0 radical (unpaired) electrons. The highest BCUT2D eigenvalue weighted by Crippen LogP contribution is 2.52. The van der Waals surface area contributed by atoms with E-state index in [1.807, 2.05) is 19.1 Å². The Bertz CT molecular complexity index is 1480. The molecule has 12 nitrogen and oxygen atoms in total. The number of aryl methyl sites for hydroxylation is 2. The summed E-state index contributed by atoms with van der Waals surface area (Å²) in [5, 5.41) is 33.9. The summed E-state index contributed by atoms with van der Waals surface area (Å²) in [6.45, 7) is 2.11. The molecule has 41 heavy (non-hydrogen) atoms. The zero-order valence-electron chi connectivity index (χ0n) is 23.0. The van der Waals surface area contributed by atoms with Crippen molar-refractivity contribution in [1.29, 1.82) is 5.26 Å². The molecular weight excluding hydrogens is 562 g/mol. The van der Waals surface area contributed by atoms with Crippen molar-refractivity contribution in [3.05, 3.63) is 48.6 Å². The standard InChI is InChI=1S/C27H31N9O3S2/c1-13(31-12-21(37)36-17(11-28)6-16-7-18(16)36)10-27(26-32-34-35-33-26)22-14(8-19(40-22)24(38)29-2)4-5-15-9-20(25(39)30-3)41-23(15)27/h8-9,13,16-18,31H,4-7,10,12H2,1-3H3,(H,29,38)(H,30,39)(H,32,33,34,35)/t13-,16-,17?,18+/m1/s1. The average Bonchev–Trinajstić information content (AvgIpc) is 3.48. The number of H-pyrrole nitrogens is 1. The summed E-state index contributed by atoms with van der Waals surface area (Å²) in [5.41, 5.74) is 1.14. The molecule has 4 heterocycles. The fraction of sp³-hybridized carbons (Fsp3) is 0.519. The van der Waals surface area contributed by atoms with Gasteiger partial charge in [-0.3, -0.25) is 14.4 Å². The highest BCUT2D eigenvalue weighted by Gasteiger charge is 2.54. The van der Waals surface area contributed by atoms with Gasteiger partial charge in [-0.05, 0) is 68.2 Å². The van der Waals surface area contributed by atoms with Crippen molar-refractivity contribution in [2.75, 3.05) is 20.6 Å². The molecule has 6 rings (SSSR count). The lowest BCUT2D eigenvalue weighted by atomic mass is 9.76. The van der Waals surface area contributed by atoms with Gasteiger partial charge in [0.1, 0.15) is 11.5 Å². The Hall–Kier alpha value is -3.67. The fourth-order valence-corrected chi connectivity index (χ4v) is 9.21. The molecule has 0 aromatic carbocycles. The third kappa shape index (κ3) is 4.61. The average molecular weight is 594 g/mol. The van der Waals surface area contributed by atoms with Crippen molar-refractivity contribution in [3.63, 3.8) is 0 Å². The third-order valence-corrected chi connectivity index (χ3v) is 11.1. The first-order valence-electron chi connectivity index (χ1n) is 13.7. The second-order valence-corrected chi connectivity index (χ2v) is 13.1. The number of tetrazole rings is 1. The molecule has 2 fully saturated rings. The molecule has 0 bridgehead atoms. The minimum atomic E-state index is -0.915. The van der Waals surface area contributed by atoms with Gasteiger partial charge in [-0.1, -0.05) is 5.21 Å². The number of hydrogen-bond acceptors (Lipinski definition) is 10. The number of piperidine rings is 1. The molecule has 1 unspecified atom stereocenters. The van der Waals surface area contributed by atoms with Crippen molar-refractivity contribution in [2.24, 2.45) is 5.92 Å². The normalized spacial score (nSPS) is 22.5. The number of likely N-dealkylation sites (tertiary alicyclic amines) is 1. The second kappa shape index (κ2) is 10.6. The smallest absolute Gasteiger partial charge is 0.261 e. The van der Waals surface area contributed by atoms with Gasteiger partial charge in [0.15, 0.2) is 5.82 Å². The van der Waals surface area contributed by atoms with E-state index in [4.69, 9.17) is 0 Å². The highest BCUT2D eigenvalue weighted by atomic mass is 32.1. The van der Waals surface area contributed by atoms with Crippen molar-refractivity contribution in [1.82, 2.24) is 41.5 Å². The monoisotopic (exact) mass is 593 g/mol. The van der Waals surface area contributed by atoms with Crippen LogP contribution in [-0.2, 0) is 23.1 Å². The first-order valence-corrected chi connectivity index (χ1v) is 15.3. The SMILES string of the molecule is CNC(=O)c1cc2c(s1)C(C[C@@H](C)NCC(=O)N1C(C#N)C[C@@H]3C[C@@H]31)(c1nn[nH]n1)c1sc(C(=O)NC)cc1CC2. The van der Waals surface area contributed by atoms with Gasteiger partial charge in [-0.2, -0.15) is 10.5 Å². The van der Waals surface area contributed by atoms with Gasteiger partial charge < -0.3 is 20.9 Å². The number of nitrogens with zero attached hydrogens (tertiary/aromatic N) is 5. The Labute approximate surface area is 244 Å². The zero-order valence-corrected chi connectivity index (χ0v) is 24.6. The van der Waals surface area contributed by atoms with Crippen LogP contribution in [0.25, 0.3) is 0 Å². The van der Waals surface area contributed by atoms with E-state index in [0.29, 0.717) is 40.8 Å². The number of rotatable bonds is 8. The molecular formula is C27H31N9O3S2. The van der Waals surface area contributed by atoms with Crippen molar-refractivity contribution in [2.45, 2.75) is 62.6 Å². The maximum absolute atomic E-state index is 13.2. The van der Waals surface area contributed by atoms with Crippen LogP contribution in [0.15, 0.2) is 12.1 Å². The number of nitriles is 1. The van der Waals surface area contributed by atoms with Crippen LogP contribution in [0.1, 0.15) is 72.2 Å². The number of carbonyl (C=O) groups is 3. The quantitative estimate of drug-likeness (QED) is 0.304. The molecule has 0 spiro atoms. The summed E-state index contributed by atoms with van der Waals surface area (Å²) in [6, 6.07) is 5.78. The van der Waals surface area contributed by atoms with Crippen LogP contribution in [0.2, 0.25) is 0 Å². The van der Waals surface area contributed by atoms with Gasteiger partial charge in [-0.15, -0.1) is 32.9 Å². The Morgan fingerprint density at radius 3 is 2.29 bits per heavy atom. The topological polar surface area (TPSA) is 169 Å². The minimum absolute atomic E-state index is 0.0692. The molecule has 1 saturated heterocycles. The molecule has 4 N–H and O–H groups in total. The van der Waals surface area contributed by atoms with Crippen LogP contribution < -0.4 is 16.0 Å². The number of carbonyl (C=O) groups excluding carboxylic acids is 3. The van der Waals surface area contributed by atoms with Gasteiger partial charge >= 0.3 is 0 Å². The van der Waals surface area contributed by atoms with Crippen molar-refractivity contribution in [3.8, 4) is 6.07 Å². The van der Waals surface area contributed by atoms with Crippen LogP contribution >= 0.6 is 22.7 Å². The number of aromatic nitrogens is 4. The molecule has 3 amide bonds. The van der Waals surface area contributed by atoms with Crippen LogP contribution in [-0.4, -0.2) is 82.0 Å². The van der Waals surface area contributed by atoms with Crippen LogP contribution in [0.3, 0.4) is 0 Å².